The van der Waals surface area contributed by atoms with Gasteiger partial charge >= 0.3 is 0 Å². The number of piperidine rings is 1. The number of amides is 1. The Kier molecular flexibility index (Phi) is 9.01. The molecule has 1 aliphatic heterocycles. The Balaban J connectivity index is 1.30. The second-order valence-corrected chi connectivity index (χ2v) is 10.5. The molecule has 1 amide bonds. The van der Waals surface area contributed by atoms with Crippen LogP contribution < -0.4 is 19.5 Å². The number of likely N-dealkylation sites (N-methyl/N-ethyl adjacent to an activating group) is 1. The number of ether oxygens (including phenoxy) is 3. The van der Waals surface area contributed by atoms with Crippen LogP contribution in [0.1, 0.15) is 18.5 Å². The van der Waals surface area contributed by atoms with Crippen molar-refractivity contribution in [2.75, 3.05) is 46.2 Å². The third-order valence-electron chi connectivity index (χ3n) is 6.76. The molecule has 0 radical (unpaired) electrons. The van der Waals surface area contributed by atoms with E-state index in [2.05, 4.69) is 20.3 Å². The van der Waals surface area contributed by atoms with Gasteiger partial charge in [-0.3, -0.25) is 9.78 Å². The molecule has 0 bridgehead atoms. The quantitative estimate of drug-likeness (QED) is 0.281. The number of halogens is 1. The SMILES string of the molecule is COc1cc2ncnc(Nc3ccc(OCc4ccccn4)c(Cl)c3)c2cc1OC1CCN(C(=O)CN(C)C)CC1. The van der Waals surface area contributed by atoms with E-state index in [0.29, 0.717) is 59.8 Å². The Hall–Kier alpha value is -4.15. The van der Waals surface area contributed by atoms with Crippen LogP contribution in [0.15, 0.2) is 61.1 Å². The number of nitrogens with one attached hydrogen (secondary N) is 1. The monoisotopic (exact) mass is 576 g/mol. The fraction of sp³-hybridized carbons (Fsp3) is 0.333. The Morgan fingerprint density at radius 2 is 1.88 bits per heavy atom. The zero-order valence-electron chi connectivity index (χ0n) is 23.3. The van der Waals surface area contributed by atoms with Gasteiger partial charge in [-0.1, -0.05) is 17.7 Å². The van der Waals surface area contributed by atoms with Crippen molar-refractivity contribution in [2.45, 2.75) is 25.6 Å². The van der Waals surface area contributed by atoms with E-state index in [4.69, 9.17) is 25.8 Å². The van der Waals surface area contributed by atoms with Gasteiger partial charge in [-0.25, -0.2) is 9.97 Å². The van der Waals surface area contributed by atoms with E-state index in [9.17, 15) is 4.79 Å². The predicted molar refractivity (Wildman–Crippen MR) is 158 cm³/mol. The first-order valence-corrected chi connectivity index (χ1v) is 13.8. The zero-order chi connectivity index (χ0) is 28.8. The summed E-state index contributed by atoms with van der Waals surface area (Å²) in [6.45, 7) is 2.04. The molecule has 0 spiro atoms. The maximum absolute atomic E-state index is 12.4. The summed E-state index contributed by atoms with van der Waals surface area (Å²) >= 11 is 6.53. The van der Waals surface area contributed by atoms with Crippen LogP contribution in [0.2, 0.25) is 5.02 Å². The summed E-state index contributed by atoms with van der Waals surface area (Å²) in [5, 5.41) is 4.58. The van der Waals surface area contributed by atoms with Gasteiger partial charge in [0.2, 0.25) is 5.91 Å². The first-order valence-electron chi connectivity index (χ1n) is 13.4. The highest BCUT2D eigenvalue weighted by Gasteiger charge is 2.25. The van der Waals surface area contributed by atoms with Crippen molar-refractivity contribution in [1.82, 2.24) is 24.8 Å². The summed E-state index contributed by atoms with van der Waals surface area (Å²) in [5.74, 6) is 2.49. The number of pyridine rings is 1. The summed E-state index contributed by atoms with van der Waals surface area (Å²) in [6.07, 6.45) is 4.66. The summed E-state index contributed by atoms with van der Waals surface area (Å²) < 4.78 is 17.9. The van der Waals surface area contributed by atoms with Crippen LogP contribution >= 0.6 is 11.6 Å². The lowest BCUT2D eigenvalue weighted by molar-refractivity contribution is -0.133. The number of methoxy groups -OCH3 is 1. The van der Waals surface area contributed by atoms with Gasteiger partial charge in [0.05, 0.1) is 29.9 Å². The Morgan fingerprint density at radius 3 is 2.59 bits per heavy atom. The van der Waals surface area contributed by atoms with Gasteiger partial charge in [0.25, 0.3) is 0 Å². The van der Waals surface area contributed by atoms with Crippen molar-refractivity contribution in [3.63, 3.8) is 0 Å². The second kappa shape index (κ2) is 13.0. The standard InChI is InChI=1S/C30H33ClN6O4/c1-36(2)17-29(38)37-12-9-22(10-13-37)41-28-15-23-25(16-27(28)39-3)33-19-34-30(23)35-20-7-8-26(24(31)14-20)40-18-21-6-4-5-11-32-21/h4-8,11,14-16,19,22H,9-10,12-13,17-18H2,1-3H3,(H,33,34,35). The van der Waals surface area contributed by atoms with E-state index in [1.54, 1.807) is 19.4 Å². The summed E-state index contributed by atoms with van der Waals surface area (Å²) in [5.41, 5.74) is 2.26. The normalized spacial score (nSPS) is 13.8. The van der Waals surface area contributed by atoms with E-state index in [0.717, 1.165) is 29.6 Å². The van der Waals surface area contributed by atoms with Crippen LogP contribution in [0, 0.1) is 0 Å². The van der Waals surface area contributed by atoms with Crippen molar-refractivity contribution in [1.29, 1.82) is 0 Å². The zero-order valence-corrected chi connectivity index (χ0v) is 24.1. The number of anilines is 2. The van der Waals surface area contributed by atoms with Gasteiger partial charge in [0.15, 0.2) is 11.5 Å². The van der Waals surface area contributed by atoms with Crippen molar-refractivity contribution in [3.8, 4) is 17.2 Å². The third kappa shape index (κ3) is 7.14. The summed E-state index contributed by atoms with van der Waals surface area (Å²) in [6, 6.07) is 14.9. The number of hydrogen-bond acceptors (Lipinski definition) is 9. The highest BCUT2D eigenvalue weighted by molar-refractivity contribution is 6.32. The summed E-state index contributed by atoms with van der Waals surface area (Å²) in [4.78, 5) is 29.4. The maximum Gasteiger partial charge on any atom is 0.236 e. The molecule has 1 fully saturated rings. The van der Waals surface area contributed by atoms with E-state index < -0.39 is 0 Å². The fourth-order valence-electron chi connectivity index (χ4n) is 4.66. The molecule has 1 aliphatic rings. The molecule has 41 heavy (non-hydrogen) atoms. The Labute approximate surface area is 244 Å². The lowest BCUT2D eigenvalue weighted by Crippen LogP contribution is -2.45. The average Bonchev–Trinajstić information content (AvgIpc) is 2.97. The van der Waals surface area contributed by atoms with Crippen LogP contribution in [0.3, 0.4) is 0 Å². The largest absolute Gasteiger partial charge is 0.493 e. The van der Waals surface area contributed by atoms with E-state index in [1.165, 1.54) is 6.33 Å². The average molecular weight is 577 g/mol. The van der Waals surface area contributed by atoms with Gasteiger partial charge in [-0.15, -0.1) is 0 Å². The number of aromatic nitrogens is 3. The number of rotatable bonds is 10. The third-order valence-corrected chi connectivity index (χ3v) is 7.05. The first kappa shape index (κ1) is 28.4. The first-order chi connectivity index (χ1) is 19.9. The van der Waals surface area contributed by atoms with Crippen LogP contribution in [-0.2, 0) is 11.4 Å². The van der Waals surface area contributed by atoms with Crippen LogP contribution in [-0.4, -0.2) is 77.6 Å². The number of likely N-dealkylation sites (tertiary alicyclic amines) is 1. The minimum atomic E-state index is -0.0387. The van der Waals surface area contributed by atoms with E-state index in [1.807, 2.05) is 66.4 Å². The van der Waals surface area contributed by atoms with Gasteiger partial charge in [0, 0.05) is 49.3 Å². The van der Waals surface area contributed by atoms with Gasteiger partial charge in [-0.2, -0.15) is 0 Å². The molecule has 0 saturated carbocycles. The fourth-order valence-corrected chi connectivity index (χ4v) is 4.89. The second-order valence-electron chi connectivity index (χ2n) is 10.1. The van der Waals surface area contributed by atoms with Crippen molar-refractivity contribution < 1.29 is 19.0 Å². The van der Waals surface area contributed by atoms with Crippen LogP contribution in [0.4, 0.5) is 11.5 Å². The molecule has 1 N–H and O–H groups in total. The van der Waals surface area contributed by atoms with Gasteiger partial charge < -0.3 is 29.3 Å². The molecule has 4 aromatic rings. The molecule has 214 valence electrons. The Morgan fingerprint density at radius 1 is 1.05 bits per heavy atom. The molecule has 2 aromatic carbocycles. The molecule has 0 unspecified atom stereocenters. The molecular formula is C30H33ClN6O4. The summed E-state index contributed by atoms with van der Waals surface area (Å²) in [7, 11) is 5.40. The minimum absolute atomic E-state index is 0.0387. The molecule has 3 heterocycles. The Bertz CT molecular complexity index is 1500. The highest BCUT2D eigenvalue weighted by atomic mass is 35.5. The molecule has 0 aliphatic carbocycles. The van der Waals surface area contributed by atoms with Gasteiger partial charge in [0.1, 0.15) is 30.6 Å². The maximum atomic E-state index is 12.4. The van der Waals surface area contributed by atoms with Crippen LogP contribution in [0.25, 0.3) is 10.9 Å². The lowest BCUT2D eigenvalue weighted by atomic mass is 10.1. The van der Waals surface area contributed by atoms with Crippen molar-refractivity contribution in [3.05, 3.63) is 71.8 Å². The lowest BCUT2D eigenvalue weighted by Gasteiger charge is -2.33. The molecule has 11 heteroatoms. The van der Waals surface area contributed by atoms with Crippen LogP contribution in [0.5, 0.6) is 17.2 Å². The molecule has 1 saturated heterocycles. The smallest absolute Gasteiger partial charge is 0.236 e. The highest BCUT2D eigenvalue weighted by Crippen LogP contribution is 2.37. The molecular weight excluding hydrogens is 544 g/mol. The number of carbonyl (C=O) groups is 1. The number of carbonyl (C=O) groups excluding carboxylic acids is 1. The van der Waals surface area contributed by atoms with E-state index in [-0.39, 0.29) is 12.0 Å². The predicted octanol–water partition coefficient (Wildman–Crippen LogP) is 4.94. The van der Waals surface area contributed by atoms with Gasteiger partial charge in [-0.05, 0) is 50.5 Å². The number of fused-ring (bicyclic) bond motifs is 1. The topological polar surface area (TPSA) is 102 Å². The van der Waals surface area contributed by atoms with Crippen molar-refractivity contribution >= 4 is 39.9 Å². The van der Waals surface area contributed by atoms with E-state index >= 15 is 0 Å². The number of hydrogen-bond donors (Lipinski definition) is 1. The van der Waals surface area contributed by atoms with Crippen molar-refractivity contribution in [2.24, 2.45) is 0 Å². The molecule has 2 aromatic heterocycles. The minimum Gasteiger partial charge on any atom is -0.493 e. The number of nitrogens with zero attached hydrogens (tertiary/aromatic N) is 5. The molecule has 10 nitrogen and oxygen atoms in total. The molecule has 5 rings (SSSR count). The molecule has 0 atom stereocenters. The number of benzene rings is 2.